The third-order valence-electron chi connectivity index (χ3n) is 8.88. The number of nitrogens with zero attached hydrogens (tertiary/aromatic N) is 3. The summed E-state index contributed by atoms with van der Waals surface area (Å²) < 4.78 is 17.5. The van der Waals surface area contributed by atoms with Crippen molar-refractivity contribution in [3.63, 3.8) is 0 Å². The summed E-state index contributed by atoms with van der Waals surface area (Å²) in [5, 5.41) is 15.6. The van der Waals surface area contributed by atoms with Crippen LogP contribution in [-0.4, -0.2) is 79.7 Å². The first-order chi connectivity index (χ1) is 22.9. The van der Waals surface area contributed by atoms with Crippen molar-refractivity contribution in [2.45, 2.75) is 95.0 Å². The molecule has 2 aliphatic heterocycles. The minimum absolute atomic E-state index is 0.0150. The molecular weight excluding hydrogens is 618 g/mol. The molecule has 6 rings (SSSR count). The Bertz CT molecular complexity index is 1720. The van der Waals surface area contributed by atoms with Crippen LogP contribution in [0.3, 0.4) is 0 Å². The number of rotatable bonds is 5. The van der Waals surface area contributed by atoms with Crippen molar-refractivity contribution in [1.82, 2.24) is 25.5 Å². The Labute approximate surface area is 278 Å². The predicted molar refractivity (Wildman–Crippen MR) is 174 cm³/mol. The average molecular weight is 660 g/mol. The fourth-order valence-corrected chi connectivity index (χ4v) is 6.39. The first kappa shape index (κ1) is 33.0. The first-order valence-electron chi connectivity index (χ1n) is 16.4. The Hall–Kier alpha value is -4.94. The molecule has 1 saturated carbocycles. The van der Waals surface area contributed by atoms with Crippen LogP contribution in [0.5, 0.6) is 5.88 Å². The molecule has 3 unspecified atom stereocenters. The van der Waals surface area contributed by atoms with Crippen LogP contribution in [0.15, 0.2) is 59.2 Å². The van der Waals surface area contributed by atoms with Crippen LogP contribution in [-0.2, 0) is 19.1 Å². The maximum atomic E-state index is 14.3. The Morgan fingerprint density at radius 3 is 2.56 bits per heavy atom. The maximum absolute atomic E-state index is 14.3. The third kappa shape index (κ3) is 7.14. The number of nitrogens with one attached hydrogen (secondary N) is 2. The van der Waals surface area contributed by atoms with Gasteiger partial charge in [-0.1, -0.05) is 37.1 Å². The molecule has 254 valence electrons. The highest BCUT2D eigenvalue weighted by Crippen LogP contribution is 2.45. The van der Waals surface area contributed by atoms with Crippen LogP contribution in [0.1, 0.15) is 65.7 Å². The lowest BCUT2D eigenvalue weighted by Crippen LogP contribution is -2.56. The normalized spacial score (nSPS) is 27.1. The predicted octanol–water partition coefficient (Wildman–Crippen LogP) is 4.61. The minimum atomic E-state index is -1.45. The van der Waals surface area contributed by atoms with Gasteiger partial charge in [0.1, 0.15) is 29.3 Å². The average Bonchev–Trinajstić information content (AvgIpc) is 3.34. The van der Waals surface area contributed by atoms with Crippen molar-refractivity contribution in [3.8, 4) is 17.3 Å². The van der Waals surface area contributed by atoms with E-state index in [9.17, 15) is 24.3 Å². The summed E-state index contributed by atoms with van der Waals surface area (Å²) >= 11 is 0. The minimum Gasteiger partial charge on any atom is -0.479 e. The molecule has 48 heavy (non-hydrogen) atoms. The van der Waals surface area contributed by atoms with Gasteiger partial charge in [-0.05, 0) is 70.7 Å². The lowest BCUT2D eigenvalue weighted by Gasteiger charge is -2.30. The topological polar surface area (TPSA) is 173 Å². The van der Waals surface area contributed by atoms with E-state index in [2.05, 4.69) is 10.6 Å². The number of benzene rings is 1. The van der Waals surface area contributed by atoms with Crippen LogP contribution in [0, 0.1) is 5.92 Å². The quantitative estimate of drug-likeness (QED) is 0.328. The van der Waals surface area contributed by atoms with E-state index in [1.165, 1.54) is 11.2 Å². The van der Waals surface area contributed by atoms with Gasteiger partial charge in [0.15, 0.2) is 11.5 Å². The second-order valence-electron chi connectivity index (χ2n) is 13.7. The molecule has 3 amide bonds. The molecule has 2 aromatic heterocycles. The number of fused-ring (bicyclic) bond motifs is 3. The summed E-state index contributed by atoms with van der Waals surface area (Å²) in [6.45, 7) is 5.19. The molecule has 5 atom stereocenters. The van der Waals surface area contributed by atoms with Gasteiger partial charge >= 0.3 is 12.1 Å². The lowest BCUT2D eigenvalue weighted by molar-refractivity contribution is -0.145. The molecule has 3 aliphatic rings. The first-order valence-corrected chi connectivity index (χ1v) is 16.4. The van der Waals surface area contributed by atoms with Gasteiger partial charge in [0.25, 0.3) is 0 Å². The smallest absolute Gasteiger partial charge is 0.408 e. The number of amides is 3. The third-order valence-corrected chi connectivity index (χ3v) is 8.88. The Balaban J connectivity index is 1.32. The van der Waals surface area contributed by atoms with E-state index in [0.29, 0.717) is 35.3 Å². The number of ether oxygens (including phenoxy) is 2. The van der Waals surface area contributed by atoms with Gasteiger partial charge in [-0.2, -0.15) is 0 Å². The largest absolute Gasteiger partial charge is 0.479 e. The molecule has 3 aromatic rings. The molecule has 0 spiro atoms. The lowest BCUT2D eigenvalue weighted by atomic mass is 10.0. The molecule has 1 aromatic carbocycles. The molecule has 13 nitrogen and oxygen atoms in total. The van der Waals surface area contributed by atoms with Crippen LogP contribution < -0.4 is 15.4 Å². The summed E-state index contributed by atoms with van der Waals surface area (Å²) in [6.07, 6.45) is 7.52. The highest BCUT2D eigenvalue weighted by Gasteiger charge is 2.61. The second kappa shape index (κ2) is 13.3. The zero-order valence-electron chi connectivity index (χ0n) is 27.3. The van der Waals surface area contributed by atoms with Crippen molar-refractivity contribution in [3.05, 3.63) is 54.8 Å². The van der Waals surface area contributed by atoms with Gasteiger partial charge < -0.3 is 34.5 Å². The number of hydrogen-bond acceptors (Lipinski definition) is 9. The van der Waals surface area contributed by atoms with E-state index >= 15 is 0 Å². The van der Waals surface area contributed by atoms with E-state index < -0.39 is 53.2 Å². The number of carboxylic acid groups (broad SMARTS) is 1. The van der Waals surface area contributed by atoms with Crippen molar-refractivity contribution >= 4 is 34.9 Å². The number of carbonyl (C=O) groups is 4. The number of hydrogen-bond donors (Lipinski definition) is 3. The van der Waals surface area contributed by atoms with E-state index in [-0.39, 0.29) is 31.2 Å². The molecule has 0 radical (unpaired) electrons. The monoisotopic (exact) mass is 659 g/mol. The molecule has 4 heterocycles. The molecule has 1 saturated heterocycles. The van der Waals surface area contributed by atoms with Crippen LogP contribution in [0.4, 0.5) is 4.79 Å². The van der Waals surface area contributed by atoms with Gasteiger partial charge in [-0.15, -0.1) is 0 Å². The van der Waals surface area contributed by atoms with Gasteiger partial charge in [0.05, 0.1) is 23.8 Å². The Morgan fingerprint density at radius 1 is 1.08 bits per heavy atom. The molecule has 13 heteroatoms. The second-order valence-corrected chi connectivity index (χ2v) is 13.7. The fraction of sp³-hybridized carbons (Fsp3) is 0.486. The Kier molecular flexibility index (Phi) is 9.13. The number of carboxylic acids is 1. The summed E-state index contributed by atoms with van der Waals surface area (Å²) in [5.74, 6) is -1.96. The van der Waals surface area contributed by atoms with E-state index in [1.54, 1.807) is 39.0 Å². The standard InChI is InChI=1S/C35H41N5O8/c1-34(2,3)48-33(45)38-25-15-8-6-4-5-7-12-21-19-35(21,32(43)44)39-29(41)26-18-22(20-40(26)31(25)42)47-30-28(27-16-11-17-46-27)36-23-13-9-10-14-24(23)37-30/h7,9-14,16-17,21-22,25-26H,4-6,8,15,18-20H2,1-3H3,(H,38,45)(H,39,41)(H,43,44)/b12-7-/t21?,22-,25-,26?,35?/m1/s1. The summed E-state index contributed by atoms with van der Waals surface area (Å²) in [6, 6.07) is 8.72. The van der Waals surface area contributed by atoms with Crippen molar-refractivity contribution in [2.75, 3.05) is 6.54 Å². The molecule has 3 N–H and O–H groups in total. The van der Waals surface area contributed by atoms with E-state index in [4.69, 9.17) is 23.9 Å². The summed E-state index contributed by atoms with van der Waals surface area (Å²) in [5.41, 5.74) is -0.658. The molecule has 1 aliphatic carbocycles. The Morgan fingerprint density at radius 2 is 1.85 bits per heavy atom. The number of furan rings is 1. The molecule has 0 bridgehead atoms. The van der Waals surface area contributed by atoms with Crippen LogP contribution >= 0.6 is 0 Å². The summed E-state index contributed by atoms with van der Waals surface area (Å²) in [7, 11) is 0. The number of para-hydroxylation sites is 2. The van der Waals surface area contributed by atoms with Crippen LogP contribution in [0.2, 0.25) is 0 Å². The zero-order chi connectivity index (χ0) is 34.1. The number of allylic oxidation sites excluding steroid dienone is 1. The molecular formula is C35H41N5O8. The fourth-order valence-electron chi connectivity index (χ4n) is 6.39. The van der Waals surface area contributed by atoms with Crippen molar-refractivity contribution in [1.29, 1.82) is 0 Å². The van der Waals surface area contributed by atoms with Crippen LogP contribution in [0.25, 0.3) is 22.5 Å². The number of carbonyl (C=O) groups excluding carboxylic acids is 3. The zero-order valence-corrected chi connectivity index (χ0v) is 27.3. The maximum Gasteiger partial charge on any atom is 0.408 e. The molecule has 2 fully saturated rings. The highest BCUT2D eigenvalue weighted by atomic mass is 16.6. The van der Waals surface area contributed by atoms with Gasteiger partial charge in [-0.3, -0.25) is 9.59 Å². The van der Waals surface area contributed by atoms with Gasteiger partial charge in [0, 0.05) is 12.3 Å². The van der Waals surface area contributed by atoms with Crippen molar-refractivity contribution in [2.24, 2.45) is 5.92 Å². The van der Waals surface area contributed by atoms with Crippen molar-refractivity contribution < 1.29 is 38.2 Å². The highest BCUT2D eigenvalue weighted by molar-refractivity contribution is 5.96. The SMILES string of the molecule is CC(C)(C)OC(=O)N[C@@H]1CCCCC/C=C\C2CC2(C(=O)O)NC(=O)C2C[C@@H](Oc3nc4ccccc4nc3-c3ccco3)CN2C1=O. The summed E-state index contributed by atoms with van der Waals surface area (Å²) in [4.78, 5) is 64.4. The number of aliphatic carboxylic acids is 1. The van der Waals surface area contributed by atoms with E-state index in [1.807, 2.05) is 30.4 Å². The van der Waals surface area contributed by atoms with Gasteiger partial charge in [0.2, 0.25) is 17.7 Å². The van der Waals surface area contributed by atoms with E-state index in [0.717, 1.165) is 19.3 Å². The number of aromatic nitrogens is 2. The number of alkyl carbamates (subject to hydrolysis) is 1. The van der Waals surface area contributed by atoms with Gasteiger partial charge in [-0.25, -0.2) is 19.6 Å².